The second kappa shape index (κ2) is 10.5. The van der Waals surface area contributed by atoms with Crippen LogP contribution in [0.3, 0.4) is 0 Å². The first-order valence-corrected chi connectivity index (χ1v) is 11.7. The van der Waals surface area contributed by atoms with Crippen LogP contribution in [0.15, 0.2) is 74.1 Å². The van der Waals surface area contributed by atoms with Crippen molar-refractivity contribution in [3.8, 4) is 0 Å². The Hall–Kier alpha value is -1.53. The minimum Gasteiger partial charge on any atom is -0.307 e. The molecule has 0 saturated heterocycles. The molecule has 2 heterocycles. The fraction of sp³-hybridized carbons (Fsp3) is 0.118. The maximum atomic E-state index is 12.6. The molecule has 29 heavy (non-hydrogen) atoms. The molecule has 1 aromatic carbocycles. The van der Waals surface area contributed by atoms with Gasteiger partial charge in [-0.15, -0.1) is 36.2 Å². The number of halogens is 2. The predicted molar refractivity (Wildman–Crippen MR) is 117 cm³/mol. The number of nitrogens with zero attached hydrogens (tertiary/aromatic N) is 1. The second-order valence-electron chi connectivity index (χ2n) is 5.72. The van der Waals surface area contributed by atoms with E-state index in [2.05, 4.69) is 10.3 Å². The number of nitrogens with one attached hydrogen (secondary N) is 1. The molecule has 3 aromatic rings. The van der Waals surface area contributed by atoms with Crippen molar-refractivity contribution >= 4 is 56.0 Å². The summed E-state index contributed by atoms with van der Waals surface area (Å²) in [6.07, 6.45) is 1.72. The smallest absolute Gasteiger partial charge is 0.247 e. The highest BCUT2D eigenvalue weighted by molar-refractivity contribution is 7.92. The lowest BCUT2D eigenvalue weighted by Gasteiger charge is -2.06. The van der Waals surface area contributed by atoms with Crippen molar-refractivity contribution in [2.24, 2.45) is 5.14 Å². The van der Waals surface area contributed by atoms with Gasteiger partial charge in [0.2, 0.25) is 19.9 Å². The first-order chi connectivity index (χ1) is 12.8. The number of nitrogens with two attached hydrogens (primary N) is 1. The summed E-state index contributed by atoms with van der Waals surface area (Å²) in [5.41, 5.74) is 1.83. The molecule has 7 nitrogen and oxygen atoms in total. The van der Waals surface area contributed by atoms with E-state index in [0.717, 1.165) is 28.7 Å². The quantitative estimate of drug-likeness (QED) is 0.519. The number of pyridine rings is 1. The van der Waals surface area contributed by atoms with Crippen molar-refractivity contribution in [2.75, 3.05) is 0 Å². The average Bonchev–Trinajstić information content (AvgIpc) is 3.15. The third kappa shape index (κ3) is 6.48. The van der Waals surface area contributed by atoms with E-state index >= 15 is 0 Å². The molecule has 158 valence electrons. The lowest BCUT2D eigenvalue weighted by Crippen LogP contribution is -2.13. The Kier molecular flexibility index (Phi) is 9.22. The summed E-state index contributed by atoms with van der Waals surface area (Å²) in [5.74, 6) is 0. The Morgan fingerprint density at radius 1 is 0.931 bits per heavy atom. The van der Waals surface area contributed by atoms with Crippen LogP contribution in [-0.2, 0) is 33.0 Å². The van der Waals surface area contributed by atoms with Crippen molar-refractivity contribution in [1.82, 2.24) is 10.3 Å². The molecule has 0 amide bonds. The van der Waals surface area contributed by atoms with E-state index in [-0.39, 0.29) is 38.8 Å². The SMILES string of the molecule is Cl.Cl.NS(=O)(=O)c1cc(S(=O)(=O)c2ccc(CNCc3ccccn3)cc2)cs1. The maximum Gasteiger partial charge on any atom is 0.247 e. The van der Waals surface area contributed by atoms with Crippen LogP contribution in [0.1, 0.15) is 11.3 Å². The summed E-state index contributed by atoms with van der Waals surface area (Å²) in [4.78, 5) is 4.22. The number of hydrogen-bond acceptors (Lipinski definition) is 7. The summed E-state index contributed by atoms with van der Waals surface area (Å²) in [5, 5.41) is 9.55. The van der Waals surface area contributed by atoms with Crippen molar-refractivity contribution in [3.05, 3.63) is 71.4 Å². The van der Waals surface area contributed by atoms with Crippen molar-refractivity contribution in [1.29, 1.82) is 0 Å². The van der Waals surface area contributed by atoms with E-state index in [1.807, 2.05) is 18.2 Å². The zero-order valence-corrected chi connectivity index (χ0v) is 19.0. The van der Waals surface area contributed by atoms with E-state index in [1.54, 1.807) is 18.3 Å². The molecule has 0 unspecified atom stereocenters. The van der Waals surface area contributed by atoms with Gasteiger partial charge in [-0.25, -0.2) is 22.0 Å². The van der Waals surface area contributed by atoms with E-state index in [0.29, 0.717) is 13.1 Å². The highest BCUT2D eigenvalue weighted by Gasteiger charge is 2.22. The summed E-state index contributed by atoms with van der Waals surface area (Å²) in [6, 6.07) is 13.2. The lowest BCUT2D eigenvalue weighted by molar-refractivity contribution is 0.596. The predicted octanol–water partition coefficient (Wildman–Crippen LogP) is 2.76. The lowest BCUT2D eigenvalue weighted by atomic mass is 10.2. The third-order valence-electron chi connectivity index (χ3n) is 3.74. The molecule has 0 aliphatic rings. The number of primary sulfonamides is 1. The number of aromatic nitrogens is 1. The first-order valence-electron chi connectivity index (χ1n) is 7.83. The van der Waals surface area contributed by atoms with Gasteiger partial charge < -0.3 is 5.32 Å². The number of sulfonamides is 1. The molecule has 2 aromatic heterocycles. The second-order valence-corrected chi connectivity index (χ2v) is 10.4. The Morgan fingerprint density at radius 2 is 1.62 bits per heavy atom. The first kappa shape index (κ1) is 25.5. The molecule has 0 radical (unpaired) electrons. The van der Waals surface area contributed by atoms with Gasteiger partial charge in [-0.3, -0.25) is 4.98 Å². The molecule has 0 atom stereocenters. The van der Waals surface area contributed by atoms with E-state index in [1.165, 1.54) is 17.5 Å². The van der Waals surface area contributed by atoms with Crippen LogP contribution in [0.5, 0.6) is 0 Å². The van der Waals surface area contributed by atoms with Crippen LogP contribution in [0.25, 0.3) is 0 Å². The minimum atomic E-state index is -3.92. The van der Waals surface area contributed by atoms with E-state index < -0.39 is 19.9 Å². The molecule has 3 rings (SSSR count). The number of hydrogen-bond donors (Lipinski definition) is 2. The minimum absolute atomic E-state index is 0. The Bertz CT molecular complexity index is 1130. The van der Waals surface area contributed by atoms with Crippen LogP contribution in [0.4, 0.5) is 0 Å². The molecule has 12 heteroatoms. The fourth-order valence-corrected chi connectivity index (χ4v) is 5.66. The monoisotopic (exact) mass is 495 g/mol. The Balaban J connectivity index is 0.00000210. The molecular weight excluding hydrogens is 477 g/mol. The van der Waals surface area contributed by atoms with Gasteiger partial charge in [-0.2, -0.15) is 0 Å². The van der Waals surface area contributed by atoms with Gasteiger partial charge in [0.25, 0.3) is 0 Å². The highest BCUT2D eigenvalue weighted by Crippen LogP contribution is 2.27. The van der Waals surface area contributed by atoms with E-state index in [4.69, 9.17) is 5.14 Å². The van der Waals surface area contributed by atoms with Crippen molar-refractivity contribution in [2.45, 2.75) is 27.1 Å². The largest absolute Gasteiger partial charge is 0.307 e. The normalized spacial score (nSPS) is 11.3. The summed E-state index contributed by atoms with van der Waals surface area (Å²) in [7, 11) is -7.72. The van der Waals surface area contributed by atoms with Crippen molar-refractivity contribution < 1.29 is 16.8 Å². The average molecular weight is 496 g/mol. The van der Waals surface area contributed by atoms with Gasteiger partial charge in [-0.05, 0) is 35.9 Å². The molecule has 0 aliphatic heterocycles. The van der Waals surface area contributed by atoms with Crippen LogP contribution >= 0.6 is 36.2 Å². The summed E-state index contributed by atoms with van der Waals surface area (Å²) < 4.78 is 47.8. The highest BCUT2D eigenvalue weighted by atomic mass is 35.5. The van der Waals surface area contributed by atoms with Crippen LogP contribution < -0.4 is 10.5 Å². The standard InChI is InChI=1S/C17H17N3O4S3.2ClH/c18-27(23,24)17-9-16(12-25-17)26(21,22)15-6-4-13(5-7-15)10-19-11-14-3-1-2-8-20-14;;/h1-9,12,19H,10-11H2,(H2,18,23,24);2*1H. The molecular formula is C17H19Cl2N3O4S3. The van der Waals surface area contributed by atoms with Gasteiger partial charge >= 0.3 is 0 Å². The zero-order chi connectivity index (χ0) is 19.5. The van der Waals surface area contributed by atoms with Crippen LogP contribution in [0.2, 0.25) is 0 Å². The Morgan fingerprint density at radius 3 is 2.17 bits per heavy atom. The number of rotatable bonds is 7. The van der Waals surface area contributed by atoms with Gasteiger partial charge in [0.15, 0.2) is 0 Å². The Labute approximate surface area is 186 Å². The van der Waals surface area contributed by atoms with E-state index in [9.17, 15) is 16.8 Å². The van der Waals surface area contributed by atoms with Gasteiger partial charge in [-0.1, -0.05) is 18.2 Å². The molecule has 0 bridgehead atoms. The topological polar surface area (TPSA) is 119 Å². The van der Waals surface area contributed by atoms with Crippen molar-refractivity contribution in [3.63, 3.8) is 0 Å². The van der Waals surface area contributed by atoms with Gasteiger partial charge in [0.05, 0.1) is 15.5 Å². The fourth-order valence-electron chi connectivity index (χ4n) is 2.35. The molecule has 0 saturated carbocycles. The molecule has 3 N–H and O–H groups in total. The maximum absolute atomic E-state index is 12.6. The zero-order valence-electron chi connectivity index (χ0n) is 14.9. The number of thiophene rings is 1. The van der Waals surface area contributed by atoms with Gasteiger partial charge in [0, 0.05) is 24.7 Å². The number of sulfone groups is 1. The third-order valence-corrected chi connectivity index (χ3v) is 8.02. The number of benzene rings is 1. The van der Waals surface area contributed by atoms with Gasteiger partial charge in [0.1, 0.15) is 4.21 Å². The van der Waals surface area contributed by atoms with Crippen LogP contribution in [0, 0.1) is 0 Å². The molecule has 0 aliphatic carbocycles. The molecule has 0 spiro atoms. The summed E-state index contributed by atoms with van der Waals surface area (Å²) in [6.45, 7) is 1.16. The summed E-state index contributed by atoms with van der Waals surface area (Å²) >= 11 is 0.782. The molecule has 0 fully saturated rings. The van der Waals surface area contributed by atoms with Crippen LogP contribution in [-0.4, -0.2) is 21.8 Å².